The summed E-state index contributed by atoms with van der Waals surface area (Å²) in [5.74, 6) is 0.313. The Balaban J connectivity index is 1.96. The van der Waals surface area contributed by atoms with E-state index in [1.54, 1.807) is 0 Å². The van der Waals surface area contributed by atoms with Crippen molar-refractivity contribution in [1.29, 1.82) is 0 Å². The molecule has 16 heavy (non-hydrogen) atoms. The molecule has 3 atom stereocenters. The minimum absolute atomic E-state index is 0.159. The molecule has 0 amide bonds. The Hall–Kier alpha value is -0.610. The second-order valence-corrected chi connectivity index (χ2v) is 5.16. The molecule has 2 N–H and O–H groups in total. The Morgan fingerprint density at radius 3 is 2.69 bits per heavy atom. The Labute approximate surface area is 96.9 Å². The molecule has 92 valence electrons. The van der Waals surface area contributed by atoms with Gasteiger partial charge in [-0.15, -0.1) is 0 Å². The molecule has 1 heterocycles. The molecule has 3 unspecified atom stereocenters. The molecule has 0 spiro atoms. The van der Waals surface area contributed by atoms with Crippen LogP contribution >= 0.6 is 0 Å². The van der Waals surface area contributed by atoms with Crippen molar-refractivity contribution in [2.24, 2.45) is 11.1 Å². The van der Waals surface area contributed by atoms with Crippen LogP contribution in [0.2, 0.25) is 0 Å². The van der Waals surface area contributed by atoms with E-state index in [-0.39, 0.29) is 6.10 Å². The van der Waals surface area contributed by atoms with E-state index in [0.717, 1.165) is 44.5 Å². The van der Waals surface area contributed by atoms with E-state index in [1.807, 2.05) is 0 Å². The van der Waals surface area contributed by atoms with Gasteiger partial charge in [0.05, 0.1) is 11.8 Å². The van der Waals surface area contributed by atoms with Crippen molar-refractivity contribution >= 4 is 5.71 Å². The average molecular weight is 226 g/mol. The summed E-state index contributed by atoms with van der Waals surface area (Å²) >= 11 is 0. The van der Waals surface area contributed by atoms with Gasteiger partial charge in [0.1, 0.15) is 0 Å². The standard InChI is InChI=1S/C12H22N2O2/c1-9-8-14(7-6-10(9)13-16)11-4-2-3-5-12(11)15/h9,11-12,15-16H,2-8H2,1H3. The van der Waals surface area contributed by atoms with Crippen LogP contribution in [0.3, 0.4) is 0 Å². The first-order chi connectivity index (χ1) is 7.72. The maximum Gasteiger partial charge on any atom is 0.0695 e. The number of aliphatic hydroxyl groups is 1. The number of hydrogen-bond donors (Lipinski definition) is 2. The molecule has 0 radical (unpaired) electrons. The average Bonchev–Trinajstić information content (AvgIpc) is 2.29. The minimum Gasteiger partial charge on any atom is -0.411 e. The molecule has 2 aliphatic rings. The first-order valence-electron chi connectivity index (χ1n) is 6.35. The molecule has 0 aromatic heterocycles. The van der Waals surface area contributed by atoms with E-state index in [9.17, 15) is 5.11 Å². The van der Waals surface area contributed by atoms with E-state index in [2.05, 4.69) is 17.0 Å². The van der Waals surface area contributed by atoms with Gasteiger partial charge in [-0.1, -0.05) is 24.9 Å². The quantitative estimate of drug-likeness (QED) is 0.526. The lowest BCUT2D eigenvalue weighted by Gasteiger charge is -2.41. The topological polar surface area (TPSA) is 56.1 Å². The van der Waals surface area contributed by atoms with Crippen molar-refractivity contribution in [1.82, 2.24) is 4.90 Å². The molecule has 4 nitrogen and oxygen atoms in total. The van der Waals surface area contributed by atoms with Crippen LogP contribution in [0, 0.1) is 5.92 Å². The van der Waals surface area contributed by atoms with Crippen molar-refractivity contribution in [2.75, 3.05) is 13.1 Å². The third kappa shape index (κ3) is 2.38. The Morgan fingerprint density at radius 1 is 1.31 bits per heavy atom. The summed E-state index contributed by atoms with van der Waals surface area (Å²) in [6.45, 7) is 3.93. The van der Waals surface area contributed by atoms with Crippen molar-refractivity contribution in [3.63, 3.8) is 0 Å². The molecule has 0 aromatic rings. The number of oxime groups is 1. The highest BCUT2D eigenvalue weighted by atomic mass is 16.4. The van der Waals surface area contributed by atoms with Crippen LogP contribution in [0.15, 0.2) is 5.16 Å². The van der Waals surface area contributed by atoms with Gasteiger partial charge in [-0.3, -0.25) is 4.90 Å². The summed E-state index contributed by atoms with van der Waals surface area (Å²) in [7, 11) is 0. The lowest BCUT2D eigenvalue weighted by molar-refractivity contribution is 0.0139. The zero-order valence-corrected chi connectivity index (χ0v) is 9.97. The van der Waals surface area contributed by atoms with Crippen LogP contribution in [-0.4, -0.2) is 46.2 Å². The first kappa shape index (κ1) is 11.9. The number of hydrogen-bond acceptors (Lipinski definition) is 4. The van der Waals surface area contributed by atoms with Gasteiger partial charge >= 0.3 is 0 Å². The highest BCUT2D eigenvalue weighted by Crippen LogP contribution is 2.26. The van der Waals surface area contributed by atoms with Crippen LogP contribution in [0.25, 0.3) is 0 Å². The van der Waals surface area contributed by atoms with Gasteiger partial charge in [0, 0.05) is 31.5 Å². The predicted molar refractivity (Wildman–Crippen MR) is 62.8 cm³/mol. The molecule has 1 aliphatic carbocycles. The van der Waals surface area contributed by atoms with Gasteiger partial charge in [0.25, 0.3) is 0 Å². The first-order valence-corrected chi connectivity index (χ1v) is 6.35. The van der Waals surface area contributed by atoms with Crippen LogP contribution in [-0.2, 0) is 0 Å². The van der Waals surface area contributed by atoms with Crippen molar-refractivity contribution in [2.45, 2.75) is 51.2 Å². The fourth-order valence-corrected chi connectivity index (χ4v) is 3.02. The molecule has 1 saturated carbocycles. The zero-order valence-electron chi connectivity index (χ0n) is 9.97. The van der Waals surface area contributed by atoms with Crippen LogP contribution in [0.5, 0.6) is 0 Å². The summed E-state index contributed by atoms with van der Waals surface area (Å²) in [6, 6.07) is 0.330. The number of piperidine rings is 1. The Kier molecular flexibility index (Phi) is 3.82. The summed E-state index contributed by atoms with van der Waals surface area (Å²) < 4.78 is 0. The Morgan fingerprint density at radius 2 is 2.06 bits per heavy atom. The summed E-state index contributed by atoms with van der Waals surface area (Å²) in [5.41, 5.74) is 0.904. The van der Waals surface area contributed by atoms with Gasteiger partial charge in [-0.25, -0.2) is 0 Å². The maximum absolute atomic E-state index is 10.0. The number of rotatable bonds is 1. The smallest absolute Gasteiger partial charge is 0.0695 e. The molecule has 4 heteroatoms. The second-order valence-electron chi connectivity index (χ2n) is 5.16. The van der Waals surface area contributed by atoms with Crippen LogP contribution in [0.1, 0.15) is 39.0 Å². The lowest BCUT2D eigenvalue weighted by Crippen LogP contribution is -2.51. The fourth-order valence-electron chi connectivity index (χ4n) is 3.02. The molecular formula is C12H22N2O2. The van der Waals surface area contributed by atoms with Gasteiger partial charge in [-0.05, 0) is 12.8 Å². The second kappa shape index (κ2) is 5.15. The SMILES string of the molecule is CC1CN(C2CCCCC2O)CCC1=NO. The van der Waals surface area contributed by atoms with E-state index < -0.39 is 0 Å². The largest absolute Gasteiger partial charge is 0.411 e. The minimum atomic E-state index is -0.159. The van der Waals surface area contributed by atoms with E-state index in [0.29, 0.717) is 12.0 Å². The van der Waals surface area contributed by atoms with Gasteiger partial charge in [0.15, 0.2) is 0 Å². The van der Waals surface area contributed by atoms with E-state index >= 15 is 0 Å². The number of likely N-dealkylation sites (tertiary alicyclic amines) is 1. The summed E-state index contributed by atoms with van der Waals surface area (Å²) in [4.78, 5) is 2.38. The zero-order chi connectivity index (χ0) is 11.5. The number of nitrogens with zero attached hydrogens (tertiary/aromatic N) is 2. The van der Waals surface area contributed by atoms with Gasteiger partial charge in [0.2, 0.25) is 0 Å². The summed E-state index contributed by atoms with van der Waals surface area (Å²) in [6.07, 6.45) is 5.11. The Bertz CT molecular complexity index is 268. The van der Waals surface area contributed by atoms with Gasteiger partial charge in [-0.2, -0.15) is 0 Å². The molecule has 1 saturated heterocycles. The molecule has 2 rings (SSSR count). The highest BCUT2D eigenvalue weighted by molar-refractivity contribution is 5.87. The van der Waals surface area contributed by atoms with Crippen molar-refractivity contribution in [3.05, 3.63) is 0 Å². The van der Waals surface area contributed by atoms with Crippen molar-refractivity contribution in [3.8, 4) is 0 Å². The van der Waals surface area contributed by atoms with Gasteiger partial charge < -0.3 is 10.3 Å². The van der Waals surface area contributed by atoms with Crippen LogP contribution in [0.4, 0.5) is 0 Å². The monoisotopic (exact) mass is 226 g/mol. The fraction of sp³-hybridized carbons (Fsp3) is 0.917. The van der Waals surface area contributed by atoms with Crippen molar-refractivity contribution < 1.29 is 10.3 Å². The summed E-state index contributed by atoms with van der Waals surface area (Å²) in [5, 5.41) is 22.2. The van der Waals surface area contributed by atoms with Crippen LogP contribution < -0.4 is 0 Å². The third-order valence-corrected chi connectivity index (χ3v) is 4.02. The number of aliphatic hydroxyl groups excluding tert-OH is 1. The maximum atomic E-state index is 10.0. The molecule has 1 aliphatic heterocycles. The molecule has 2 fully saturated rings. The third-order valence-electron chi connectivity index (χ3n) is 4.02. The lowest BCUT2D eigenvalue weighted by atomic mass is 9.88. The highest BCUT2D eigenvalue weighted by Gasteiger charge is 2.32. The molecule has 0 aromatic carbocycles. The normalized spacial score (nSPS) is 40.1. The molecular weight excluding hydrogens is 204 g/mol. The molecule has 0 bridgehead atoms. The predicted octanol–water partition coefficient (Wildman–Crippen LogP) is 1.46. The van der Waals surface area contributed by atoms with E-state index in [1.165, 1.54) is 6.42 Å². The van der Waals surface area contributed by atoms with E-state index in [4.69, 9.17) is 5.21 Å².